The lowest BCUT2D eigenvalue weighted by molar-refractivity contribution is -0.126. The number of methoxy groups -OCH3 is 1. The zero-order chi connectivity index (χ0) is 13.5. The van der Waals surface area contributed by atoms with Crippen LogP contribution in [0.5, 0.6) is 0 Å². The molecule has 1 N–H and O–H groups in total. The fourth-order valence-corrected chi connectivity index (χ4v) is 1.67. The molecule has 0 aromatic carbocycles. The van der Waals surface area contributed by atoms with Gasteiger partial charge in [0.05, 0.1) is 12.7 Å². The Kier molecular flexibility index (Phi) is 6.11. The summed E-state index contributed by atoms with van der Waals surface area (Å²) in [4.78, 5) is 13.1. The molecule has 0 aliphatic rings. The van der Waals surface area contributed by atoms with E-state index in [0.29, 0.717) is 10.4 Å². The van der Waals surface area contributed by atoms with E-state index in [1.165, 1.54) is 18.1 Å². The van der Waals surface area contributed by atoms with Gasteiger partial charge in [-0.25, -0.2) is 0 Å². The third-order valence-corrected chi connectivity index (χ3v) is 2.63. The van der Waals surface area contributed by atoms with Gasteiger partial charge in [-0.1, -0.05) is 0 Å². The van der Waals surface area contributed by atoms with Crippen LogP contribution in [-0.4, -0.2) is 49.3 Å². The predicted octanol–water partition coefficient (Wildman–Crippen LogP) is 1.52. The van der Waals surface area contributed by atoms with E-state index >= 15 is 0 Å². The van der Waals surface area contributed by atoms with Crippen molar-refractivity contribution in [3.8, 4) is 0 Å². The summed E-state index contributed by atoms with van der Waals surface area (Å²) in [5, 5.41) is 9.49. The zero-order valence-electron chi connectivity index (χ0n) is 10.3. The third kappa shape index (κ3) is 5.03. The van der Waals surface area contributed by atoms with Crippen molar-refractivity contribution in [2.24, 2.45) is 0 Å². The van der Waals surface area contributed by atoms with Crippen molar-refractivity contribution in [1.82, 2.24) is 4.90 Å². The molecule has 1 aromatic rings. The van der Waals surface area contributed by atoms with Gasteiger partial charge in [-0.2, -0.15) is 0 Å². The molecule has 0 aliphatic heterocycles. The monoisotopic (exact) mass is 317 g/mol. The van der Waals surface area contributed by atoms with E-state index in [9.17, 15) is 9.90 Å². The molecular weight excluding hydrogens is 302 g/mol. The predicted molar refractivity (Wildman–Crippen MR) is 71.0 cm³/mol. The molecule has 0 fully saturated rings. The second kappa shape index (κ2) is 7.35. The first kappa shape index (κ1) is 14.9. The van der Waals surface area contributed by atoms with Crippen molar-refractivity contribution in [2.75, 3.05) is 27.3 Å². The summed E-state index contributed by atoms with van der Waals surface area (Å²) < 4.78 is 10.6. The van der Waals surface area contributed by atoms with E-state index in [0.717, 1.165) is 0 Å². The maximum absolute atomic E-state index is 11.7. The topological polar surface area (TPSA) is 62.9 Å². The second-order valence-electron chi connectivity index (χ2n) is 3.80. The number of rotatable bonds is 6. The van der Waals surface area contributed by atoms with Crippen LogP contribution in [0.4, 0.5) is 0 Å². The van der Waals surface area contributed by atoms with Crippen LogP contribution in [0.2, 0.25) is 0 Å². The minimum atomic E-state index is -0.685. The largest absolute Gasteiger partial charge is 0.450 e. The van der Waals surface area contributed by atoms with Gasteiger partial charge < -0.3 is 19.2 Å². The molecule has 5 nitrogen and oxygen atoms in total. The fourth-order valence-electron chi connectivity index (χ4n) is 1.35. The molecule has 0 spiro atoms. The van der Waals surface area contributed by atoms with Crippen LogP contribution in [0.25, 0.3) is 6.08 Å². The summed E-state index contributed by atoms with van der Waals surface area (Å²) in [6.45, 7) is 0.422. The molecule has 1 aromatic heterocycles. The number of likely N-dealkylation sites (N-methyl/N-ethyl adjacent to an activating group) is 1. The lowest BCUT2D eigenvalue weighted by atomic mass is 10.3. The molecule has 0 bridgehead atoms. The van der Waals surface area contributed by atoms with Crippen LogP contribution < -0.4 is 0 Å². The summed E-state index contributed by atoms with van der Waals surface area (Å²) in [6.07, 6.45) is 2.28. The van der Waals surface area contributed by atoms with Gasteiger partial charge in [0.1, 0.15) is 5.76 Å². The number of carbonyl (C=O) groups excluding carboxylic acids is 1. The van der Waals surface area contributed by atoms with Crippen LogP contribution in [-0.2, 0) is 9.53 Å². The first-order valence-corrected chi connectivity index (χ1v) is 6.17. The molecule has 6 heteroatoms. The van der Waals surface area contributed by atoms with Gasteiger partial charge in [0.2, 0.25) is 5.91 Å². The number of amides is 1. The highest BCUT2D eigenvalue weighted by atomic mass is 79.9. The van der Waals surface area contributed by atoms with Crippen LogP contribution in [0.15, 0.2) is 27.3 Å². The van der Waals surface area contributed by atoms with E-state index in [-0.39, 0.29) is 19.1 Å². The normalized spacial score (nSPS) is 12.9. The highest BCUT2D eigenvalue weighted by molar-refractivity contribution is 9.10. The van der Waals surface area contributed by atoms with Crippen LogP contribution in [0.1, 0.15) is 5.76 Å². The first-order valence-electron chi connectivity index (χ1n) is 5.38. The number of nitrogens with zero attached hydrogens (tertiary/aromatic N) is 1. The van der Waals surface area contributed by atoms with E-state index < -0.39 is 6.10 Å². The number of furan rings is 1. The van der Waals surface area contributed by atoms with Crippen molar-refractivity contribution >= 4 is 27.9 Å². The lowest BCUT2D eigenvalue weighted by Gasteiger charge is -2.18. The quantitative estimate of drug-likeness (QED) is 0.808. The molecule has 1 unspecified atom stereocenters. The van der Waals surface area contributed by atoms with E-state index in [2.05, 4.69) is 15.9 Å². The van der Waals surface area contributed by atoms with Crippen LogP contribution in [0, 0.1) is 0 Å². The minimum Gasteiger partial charge on any atom is -0.450 e. The first-order chi connectivity index (χ1) is 8.52. The standard InChI is InChI=1S/C12H16BrNO4/c1-14(7-9(15)8-17-2)12(16)6-4-10-3-5-11(13)18-10/h3-6,9,15H,7-8H2,1-2H3. The Bertz CT molecular complexity index is 416. The smallest absolute Gasteiger partial charge is 0.246 e. The maximum Gasteiger partial charge on any atom is 0.246 e. The highest BCUT2D eigenvalue weighted by Crippen LogP contribution is 2.15. The van der Waals surface area contributed by atoms with Gasteiger partial charge in [-0.3, -0.25) is 4.79 Å². The zero-order valence-corrected chi connectivity index (χ0v) is 11.9. The molecule has 1 heterocycles. The summed E-state index contributed by atoms with van der Waals surface area (Å²) in [5.41, 5.74) is 0. The minimum absolute atomic E-state index is 0.201. The van der Waals surface area contributed by atoms with Crippen LogP contribution >= 0.6 is 15.9 Å². The average Bonchev–Trinajstić information content (AvgIpc) is 2.72. The Labute approximate surface area is 114 Å². The number of carbonyl (C=O) groups is 1. The highest BCUT2D eigenvalue weighted by Gasteiger charge is 2.11. The average molecular weight is 318 g/mol. The number of halogens is 1. The number of aliphatic hydroxyl groups is 1. The SMILES string of the molecule is COCC(O)CN(C)C(=O)C=Cc1ccc(Br)o1. The summed E-state index contributed by atoms with van der Waals surface area (Å²) in [5.74, 6) is 0.374. The Morgan fingerprint density at radius 1 is 1.67 bits per heavy atom. The van der Waals surface area contributed by atoms with Gasteiger partial charge in [0, 0.05) is 26.8 Å². The van der Waals surface area contributed by atoms with E-state index in [1.54, 1.807) is 25.3 Å². The summed E-state index contributed by atoms with van der Waals surface area (Å²) >= 11 is 3.18. The Morgan fingerprint density at radius 2 is 2.39 bits per heavy atom. The van der Waals surface area contributed by atoms with E-state index in [4.69, 9.17) is 9.15 Å². The molecular formula is C12H16BrNO4. The summed E-state index contributed by atoms with van der Waals surface area (Å²) in [7, 11) is 3.11. The maximum atomic E-state index is 11.7. The lowest BCUT2D eigenvalue weighted by Crippen LogP contribution is -2.35. The molecule has 1 rings (SSSR count). The Morgan fingerprint density at radius 3 is 2.94 bits per heavy atom. The van der Waals surface area contributed by atoms with Gasteiger partial charge in [-0.15, -0.1) is 0 Å². The molecule has 0 saturated carbocycles. The van der Waals surface area contributed by atoms with Gasteiger partial charge >= 0.3 is 0 Å². The van der Waals surface area contributed by atoms with Gasteiger partial charge in [0.15, 0.2) is 4.67 Å². The molecule has 0 aliphatic carbocycles. The molecule has 100 valence electrons. The van der Waals surface area contributed by atoms with E-state index in [1.807, 2.05) is 0 Å². The van der Waals surface area contributed by atoms with Gasteiger partial charge in [-0.05, 0) is 34.1 Å². The van der Waals surface area contributed by atoms with Crippen molar-refractivity contribution in [3.63, 3.8) is 0 Å². The number of hydrogen-bond acceptors (Lipinski definition) is 4. The molecule has 0 radical (unpaired) electrons. The molecule has 18 heavy (non-hydrogen) atoms. The van der Waals surface area contributed by atoms with Crippen molar-refractivity contribution < 1.29 is 19.1 Å². The fraction of sp³-hybridized carbons (Fsp3) is 0.417. The summed E-state index contributed by atoms with van der Waals surface area (Å²) in [6, 6.07) is 3.49. The molecule has 1 amide bonds. The Balaban J connectivity index is 2.46. The second-order valence-corrected chi connectivity index (χ2v) is 4.58. The molecule has 1 atom stereocenters. The third-order valence-electron chi connectivity index (χ3n) is 2.20. The number of ether oxygens (including phenoxy) is 1. The molecule has 0 saturated heterocycles. The van der Waals surface area contributed by atoms with Crippen molar-refractivity contribution in [2.45, 2.75) is 6.10 Å². The number of aliphatic hydroxyl groups excluding tert-OH is 1. The Hall–Kier alpha value is -1.11. The van der Waals surface area contributed by atoms with Crippen LogP contribution in [0.3, 0.4) is 0 Å². The van der Waals surface area contributed by atoms with Gasteiger partial charge in [0.25, 0.3) is 0 Å². The van der Waals surface area contributed by atoms with Crippen molar-refractivity contribution in [3.05, 3.63) is 28.6 Å². The number of hydrogen-bond donors (Lipinski definition) is 1. The van der Waals surface area contributed by atoms with Crippen molar-refractivity contribution in [1.29, 1.82) is 0 Å².